The topological polar surface area (TPSA) is 95.9 Å². The fraction of sp³-hybridized carbons (Fsp3) is 0.793. The Morgan fingerprint density at radius 2 is 0.828 bits per heavy atom. The van der Waals surface area contributed by atoms with E-state index in [4.69, 9.17) is 4.74 Å². The summed E-state index contributed by atoms with van der Waals surface area (Å²) in [6.45, 7) is 6.40. The molecule has 0 spiro atoms. The van der Waals surface area contributed by atoms with Crippen molar-refractivity contribution in [2.45, 2.75) is 289 Å². The van der Waals surface area contributed by atoms with Crippen LogP contribution in [0, 0.1) is 0 Å². The largest absolute Gasteiger partial charge is 0.462 e. The highest BCUT2D eigenvalue weighted by Crippen LogP contribution is 2.18. The van der Waals surface area contributed by atoms with Crippen LogP contribution in [0.3, 0.4) is 0 Å². The summed E-state index contributed by atoms with van der Waals surface area (Å²) in [7, 11) is 0. The van der Waals surface area contributed by atoms with E-state index in [9.17, 15) is 19.8 Å². The van der Waals surface area contributed by atoms with Crippen molar-refractivity contribution in [1.29, 1.82) is 0 Å². The number of ether oxygens (including phenoxy) is 1. The second kappa shape index (κ2) is 51.5. The van der Waals surface area contributed by atoms with Crippen LogP contribution in [0.2, 0.25) is 0 Å². The van der Waals surface area contributed by atoms with Crippen molar-refractivity contribution >= 4 is 11.9 Å². The molecule has 0 saturated carbocycles. The molecule has 64 heavy (non-hydrogen) atoms. The smallest absolute Gasteiger partial charge is 0.306 e. The lowest BCUT2D eigenvalue weighted by molar-refractivity contribution is -0.151. The molecule has 0 aliphatic heterocycles. The van der Waals surface area contributed by atoms with Crippen molar-refractivity contribution in [3.63, 3.8) is 0 Å². The average Bonchev–Trinajstić information content (AvgIpc) is 3.29. The number of hydrogen-bond donors (Lipinski definition) is 3. The maximum Gasteiger partial charge on any atom is 0.306 e. The first-order chi connectivity index (χ1) is 31.5. The van der Waals surface area contributed by atoms with Gasteiger partial charge in [0.15, 0.2) is 0 Å². The first-order valence-corrected chi connectivity index (χ1v) is 27.6. The summed E-state index contributed by atoms with van der Waals surface area (Å²) in [5.41, 5.74) is 0. The standard InChI is InChI=1S/C58H105NO5/c1-4-7-10-13-16-19-22-25-28-30-31-34-37-40-43-46-49-54(64-58(63)51-48-45-42-39-36-33-29-26-23-20-17-14-11-8-5-2)52-57(62)59-55(53-60)56(61)50-47-44-41-38-35-32-27-24-21-18-15-12-9-6-3/h10,13,16,19,22,25,28,30-31,34,54-56,60-61H,4-9,11-12,14-15,17-18,20-21,23-24,26-27,29,32-33,35-53H2,1-3H3,(H,59,62)/b13-10+,19-16+,25-22+,30-28+,34-31+. The summed E-state index contributed by atoms with van der Waals surface area (Å²) < 4.78 is 5.93. The summed E-state index contributed by atoms with van der Waals surface area (Å²) in [5, 5.41) is 23.8. The van der Waals surface area contributed by atoms with E-state index in [0.717, 1.165) is 70.6 Å². The van der Waals surface area contributed by atoms with Gasteiger partial charge < -0.3 is 20.3 Å². The summed E-state index contributed by atoms with van der Waals surface area (Å²) in [4.78, 5) is 26.2. The molecule has 0 aliphatic rings. The lowest BCUT2D eigenvalue weighted by Crippen LogP contribution is -2.46. The Bertz CT molecular complexity index is 1140. The number of aliphatic hydroxyl groups excluding tert-OH is 2. The van der Waals surface area contributed by atoms with Gasteiger partial charge in [0.1, 0.15) is 6.10 Å². The van der Waals surface area contributed by atoms with Crippen molar-refractivity contribution in [2.24, 2.45) is 0 Å². The third-order valence-electron chi connectivity index (χ3n) is 12.5. The monoisotopic (exact) mass is 896 g/mol. The number of unbranched alkanes of at least 4 members (excludes halogenated alkanes) is 31. The van der Waals surface area contributed by atoms with Crippen molar-refractivity contribution in [1.82, 2.24) is 5.32 Å². The first kappa shape index (κ1) is 61.6. The summed E-state index contributed by atoms with van der Waals surface area (Å²) >= 11 is 0. The number of carbonyl (C=O) groups is 2. The normalized spacial score (nSPS) is 13.6. The molecule has 0 rings (SSSR count). The maximum atomic E-state index is 13.2. The fourth-order valence-corrected chi connectivity index (χ4v) is 8.29. The summed E-state index contributed by atoms with van der Waals surface area (Å²) in [6, 6.07) is -0.716. The Morgan fingerprint density at radius 1 is 0.453 bits per heavy atom. The molecule has 6 heteroatoms. The zero-order valence-electron chi connectivity index (χ0n) is 42.4. The van der Waals surface area contributed by atoms with Crippen molar-refractivity contribution in [2.75, 3.05) is 6.61 Å². The molecule has 3 atom stereocenters. The predicted octanol–water partition coefficient (Wildman–Crippen LogP) is 16.8. The van der Waals surface area contributed by atoms with Crippen LogP contribution in [0.15, 0.2) is 60.8 Å². The molecule has 0 bridgehead atoms. The molecular formula is C58H105NO5. The first-order valence-electron chi connectivity index (χ1n) is 27.6. The van der Waals surface area contributed by atoms with E-state index in [1.165, 1.54) is 154 Å². The van der Waals surface area contributed by atoms with Gasteiger partial charge in [0.05, 0.1) is 25.2 Å². The molecule has 0 fully saturated rings. The van der Waals surface area contributed by atoms with E-state index in [1.54, 1.807) is 0 Å². The van der Waals surface area contributed by atoms with Gasteiger partial charge in [-0.3, -0.25) is 9.59 Å². The van der Waals surface area contributed by atoms with Crippen LogP contribution in [-0.4, -0.2) is 46.9 Å². The Balaban J connectivity index is 4.65. The van der Waals surface area contributed by atoms with Crippen molar-refractivity contribution in [3.8, 4) is 0 Å². The third kappa shape index (κ3) is 46.1. The van der Waals surface area contributed by atoms with E-state index >= 15 is 0 Å². The number of hydrogen-bond acceptors (Lipinski definition) is 5. The Kier molecular flexibility index (Phi) is 49.6. The van der Waals surface area contributed by atoms with Gasteiger partial charge in [-0.15, -0.1) is 0 Å². The van der Waals surface area contributed by atoms with Crippen LogP contribution in [0.5, 0.6) is 0 Å². The summed E-state index contributed by atoms with van der Waals surface area (Å²) in [6.07, 6.45) is 64.2. The van der Waals surface area contributed by atoms with Crippen LogP contribution in [0.25, 0.3) is 0 Å². The van der Waals surface area contributed by atoms with E-state index in [0.29, 0.717) is 19.3 Å². The number of nitrogens with one attached hydrogen (secondary N) is 1. The van der Waals surface area contributed by atoms with Crippen LogP contribution in [0.4, 0.5) is 0 Å². The van der Waals surface area contributed by atoms with Gasteiger partial charge in [-0.25, -0.2) is 0 Å². The highest BCUT2D eigenvalue weighted by atomic mass is 16.5. The van der Waals surface area contributed by atoms with E-state index in [-0.39, 0.29) is 24.9 Å². The van der Waals surface area contributed by atoms with E-state index in [1.807, 2.05) is 36.5 Å². The molecule has 3 N–H and O–H groups in total. The van der Waals surface area contributed by atoms with Gasteiger partial charge in [0.25, 0.3) is 0 Å². The van der Waals surface area contributed by atoms with E-state index in [2.05, 4.69) is 50.4 Å². The zero-order chi connectivity index (χ0) is 46.7. The van der Waals surface area contributed by atoms with Crippen LogP contribution < -0.4 is 5.32 Å². The molecule has 0 aromatic carbocycles. The van der Waals surface area contributed by atoms with E-state index < -0.39 is 18.2 Å². The molecule has 0 aromatic heterocycles. The number of rotatable bonds is 49. The molecule has 0 aromatic rings. The van der Waals surface area contributed by atoms with Gasteiger partial charge in [-0.1, -0.05) is 274 Å². The minimum absolute atomic E-state index is 0.0507. The quantitative estimate of drug-likeness (QED) is 0.0321. The van der Waals surface area contributed by atoms with Crippen LogP contribution in [0.1, 0.15) is 271 Å². The molecule has 0 heterocycles. The van der Waals surface area contributed by atoms with Crippen molar-refractivity contribution < 1.29 is 24.5 Å². The highest BCUT2D eigenvalue weighted by Gasteiger charge is 2.24. The fourth-order valence-electron chi connectivity index (χ4n) is 8.29. The second-order valence-corrected chi connectivity index (χ2v) is 18.8. The van der Waals surface area contributed by atoms with Gasteiger partial charge in [-0.05, 0) is 44.9 Å². The molecule has 372 valence electrons. The Labute approximate surface area is 397 Å². The van der Waals surface area contributed by atoms with Crippen LogP contribution >= 0.6 is 0 Å². The molecule has 6 nitrogen and oxygen atoms in total. The molecule has 3 unspecified atom stereocenters. The zero-order valence-corrected chi connectivity index (χ0v) is 42.4. The number of esters is 1. The lowest BCUT2D eigenvalue weighted by atomic mass is 10.0. The third-order valence-corrected chi connectivity index (χ3v) is 12.5. The lowest BCUT2D eigenvalue weighted by Gasteiger charge is -2.24. The number of allylic oxidation sites excluding steroid dienone is 10. The Hall–Kier alpha value is -2.44. The van der Waals surface area contributed by atoms with Crippen LogP contribution in [-0.2, 0) is 14.3 Å². The van der Waals surface area contributed by atoms with Crippen molar-refractivity contribution in [3.05, 3.63) is 60.8 Å². The van der Waals surface area contributed by atoms with Gasteiger partial charge >= 0.3 is 5.97 Å². The number of amides is 1. The molecule has 0 saturated heterocycles. The van der Waals surface area contributed by atoms with Gasteiger partial charge in [0, 0.05) is 6.42 Å². The molecule has 0 aliphatic carbocycles. The average molecular weight is 896 g/mol. The SMILES string of the molecule is CCC/C=C/C=C/C=C/C=C/C=C/CCCCCC(CC(=O)NC(CO)C(O)CCCCCCCCCCCCCCCC)OC(=O)CCCCCCCCCCCCCCCCC. The molecule has 1 amide bonds. The number of aliphatic hydroxyl groups is 2. The summed E-state index contributed by atoms with van der Waals surface area (Å²) in [5.74, 6) is -0.507. The predicted molar refractivity (Wildman–Crippen MR) is 278 cm³/mol. The maximum absolute atomic E-state index is 13.2. The van der Waals surface area contributed by atoms with Gasteiger partial charge in [-0.2, -0.15) is 0 Å². The minimum atomic E-state index is -0.800. The minimum Gasteiger partial charge on any atom is -0.462 e. The second-order valence-electron chi connectivity index (χ2n) is 18.8. The highest BCUT2D eigenvalue weighted by molar-refractivity contribution is 5.77. The molecular weight excluding hydrogens is 791 g/mol. The molecule has 0 radical (unpaired) electrons. The Morgan fingerprint density at radius 3 is 1.27 bits per heavy atom. The number of carbonyl (C=O) groups excluding carboxylic acids is 2. The van der Waals surface area contributed by atoms with Gasteiger partial charge in [0.2, 0.25) is 5.91 Å².